The van der Waals surface area contributed by atoms with Crippen molar-refractivity contribution in [3.8, 4) is 0 Å². The van der Waals surface area contributed by atoms with Crippen LogP contribution in [0.2, 0.25) is 0 Å². The number of rotatable bonds is 4. The molecular weight excluding hydrogens is 411 g/mol. The van der Waals surface area contributed by atoms with Gasteiger partial charge in [-0.1, -0.05) is 36.4 Å². The topological polar surface area (TPSA) is 80.4 Å². The quantitative estimate of drug-likeness (QED) is 0.536. The Morgan fingerprint density at radius 2 is 1.97 bits per heavy atom. The third-order valence-corrected chi connectivity index (χ3v) is 5.68. The Bertz CT molecular complexity index is 1290. The van der Waals surface area contributed by atoms with Crippen molar-refractivity contribution in [2.24, 2.45) is 7.05 Å². The highest BCUT2D eigenvalue weighted by atomic mass is 19.1. The number of fused-ring (bicyclic) bond motifs is 2. The molecule has 3 heterocycles. The van der Waals surface area contributed by atoms with Gasteiger partial charge < -0.3 is 14.6 Å². The normalized spacial score (nSPS) is 15.6. The molecule has 32 heavy (non-hydrogen) atoms. The number of nitrogens with one attached hydrogen (secondary N) is 1. The Labute approximate surface area is 183 Å². The van der Waals surface area contributed by atoms with Gasteiger partial charge in [0.15, 0.2) is 5.76 Å². The van der Waals surface area contributed by atoms with E-state index in [0.29, 0.717) is 23.4 Å². The van der Waals surface area contributed by atoms with Crippen LogP contribution in [0.4, 0.5) is 4.39 Å². The van der Waals surface area contributed by atoms with Gasteiger partial charge in [0.25, 0.3) is 5.91 Å². The predicted molar refractivity (Wildman–Crippen MR) is 115 cm³/mol. The lowest BCUT2D eigenvalue weighted by molar-refractivity contribution is -0.123. The maximum Gasteiger partial charge on any atom is 0.289 e. The molecule has 1 N–H and O–H groups in total. The number of para-hydroxylation sites is 1. The zero-order valence-electron chi connectivity index (χ0n) is 17.4. The fourth-order valence-corrected chi connectivity index (χ4v) is 4.10. The van der Waals surface area contributed by atoms with E-state index >= 15 is 0 Å². The summed E-state index contributed by atoms with van der Waals surface area (Å²) in [5.74, 6) is -1.42. The Kier molecular flexibility index (Phi) is 4.97. The van der Waals surface area contributed by atoms with Gasteiger partial charge in [-0.3, -0.25) is 14.3 Å². The Morgan fingerprint density at radius 1 is 1.19 bits per heavy atom. The number of halogens is 1. The van der Waals surface area contributed by atoms with E-state index in [1.807, 2.05) is 24.4 Å². The van der Waals surface area contributed by atoms with Crippen molar-refractivity contribution >= 4 is 22.8 Å². The smallest absolute Gasteiger partial charge is 0.289 e. The molecule has 1 aliphatic heterocycles. The summed E-state index contributed by atoms with van der Waals surface area (Å²) in [6, 6.07) is 15.4. The Balaban J connectivity index is 1.39. The van der Waals surface area contributed by atoms with E-state index in [9.17, 15) is 14.0 Å². The van der Waals surface area contributed by atoms with Crippen molar-refractivity contribution in [3.05, 3.63) is 89.2 Å². The monoisotopic (exact) mass is 432 g/mol. The number of carbonyl (C=O) groups excluding carboxylic acids is 2. The minimum absolute atomic E-state index is 0.0572. The highest BCUT2D eigenvalue weighted by molar-refractivity contribution is 5.97. The summed E-state index contributed by atoms with van der Waals surface area (Å²) < 4.78 is 21.3. The number of carbonyl (C=O) groups is 2. The molecule has 7 nitrogen and oxygen atoms in total. The number of furan rings is 1. The first-order chi connectivity index (χ1) is 15.5. The van der Waals surface area contributed by atoms with Crippen LogP contribution in [-0.2, 0) is 24.9 Å². The van der Waals surface area contributed by atoms with Gasteiger partial charge in [-0.15, -0.1) is 0 Å². The molecule has 0 saturated heterocycles. The largest absolute Gasteiger partial charge is 0.451 e. The van der Waals surface area contributed by atoms with Crippen LogP contribution in [0.5, 0.6) is 0 Å². The van der Waals surface area contributed by atoms with E-state index in [-0.39, 0.29) is 36.5 Å². The molecule has 0 aliphatic carbocycles. The van der Waals surface area contributed by atoms with Crippen molar-refractivity contribution in [1.82, 2.24) is 20.0 Å². The van der Waals surface area contributed by atoms with E-state index in [0.717, 1.165) is 10.9 Å². The summed E-state index contributed by atoms with van der Waals surface area (Å²) in [6.45, 7) is 0.542. The summed E-state index contributed by atoms with van der Waals surface area (Å²) >= 11 is 0. The van der Waals surface area contributed by atoms with Gasteiger partial charge >= 0.3 is 0 Å². The van der Waals surface area contributed by atoms with Crippen molar-refractivity contribution in [2.75, 3.05) is 6.54 Å². The first-order valence-corrected chi connectivity index (χ1v) is 10.3. The fraction of sp³-hybridized carbons (Fsp3) is 0.208. The van der Waals surface area contributed by atoms with Crippen molar-refractivity contribution in [1.29, 1.82) is 0 Å². The number of amides is 2. The lowest BCUT2D eigenvalue weighted by Gasteiger charge is -2.30. The number of hydrogen-bond acceptors (Lipinski definition) is 4. The molecule has 1 atom stereocenters. The molecule has 5 rings (SSSR count). The molecule has 2 aromatic carbocycles. The second-order valence-electron chi connectivity index (χ2n) is 7.91. The average molecular weight is 432 g/mol. The molecule has 0 saturated carbocycles. The predicted octanol–water partition coefficient (Wildman–Crippen LogP) is 3.36. The van der Waals surface area contributed by atoms with Crippen molar-refractivity contribution in [2.45, 2.75) is 19.0 Å². The zero-order chi connectivity index (χ0) is 22.2. The fourth-order valence-electron chi connectivity index (χ4n) is 4.10. The number of nitrogens with zero attached hydrogens (tertiary/aromatic N) is 3. The van der Waals surface area contributed by atoms with E-state index in [1.54, 1.807) is 47.0 Å². The van der Waals surface area contributed by atoms with Gasteiger partial charge in [0.1, 0.15) is 11.4 Å². The van der Waals surface area contributed by atoms with Crippen LogP contribution in [0.3, 0.4) is 0 Å². The van der Waals surface area contributed by atoms with Gasteiger partial charge in [0, 0.05) is 49.4 Å². The van der Waals surface area contributed by atoms with Gasteiger partial charge in [0.05, 0.1) is 11.6 Å². The molecule has 0 fully saturated rings. The molecular formula is C24H21FN4O3. The first kappa shape index (κ1) is 20.0. The zero-order valence-corrected chi connectivity index (χ0v) is 17.4. The molecule has 0 bridgehead atoms. The molecule has 162 valence electrons. The summed E-state index contributed by atoms with van der Waals surface area (Å²) in [6.07, 6.45) is 1.81. The lowest BCUT2D eigenvalue weighted by Crippen LogP contribution is -2.43. The summed E-state index contributed by atoms with van der Waals surface area (Å²) in [4.78, 5) is 27.9. The molecule has 8 heteroatoms. The molecule has 2 aromatic heterocycles. The van der Waals surface area contributed by atoms with Crippen LogP contribution in [0.15, 0.2) is 65.2 Å². The van der Waals surface area contributed by atoms with Gasteiger partial charge in [0.2, 0.25) is 5.91 Å². The molecule has 0 radical (unpaired) electrons. The minimum Gasteiger partial charge on any atom is -0.451 e. The maximum atomic E-state index is 13.9. The highest BCUT2D eigenvalue weighted by Crippen LogP contribution is 2.29. The molecule has 2 amide bonds. The summed E-state index contributed by atoms with van der Waals surface area (Å²) in [5, 5.41) is 8.08. The maximum absolute atomic E-state index is 13.9. The Hall–Kier alpha value is -3.94. The SMILES string of the molecule is Cn1cc2c(n1)C(C(=O)NCc1ccccc1F)CN(C(=O)c1cc3ccccc3o1)C2. The minimum atomic E-state index is -0.667. The number of hydrogen-bond donors (Lipinski definition) is 1. The van der Waals surface area contributed by atoms with Crippen LogP contribution in [0.25, 0.3) is 11.0 Å². The van der Waals surface area contributed by atoms with Gasteiger partial charge in [-0.2, -0.15) is 5.10 Å². The van der Waals surface area contributed by atoms with Crippen LogP contribution >= 0.6 is 0 Å². The second kappa shape index (κ2) is 7.96. The van der Waals surface area contributed by atoms with E-state index in [1.165, 1.54) is 6.07 Å². The second-order valence-corrected chi connectivity index (χ2v) is 7.91. The summed E-state index contributed by atoms with van der Waals surface area (Å²) in [7, 11) is 1.78. The van der Waals surface area contributed by atoms with E-state index in [2.05, 4.69) is 10.4 Å². The van der Waals surface area contributed by atoms with Crippen LogP contribution in [0, 0.1) is 5.82 Å². The third-order valence-electron chi connectivity index (χ3n) is 5.68. The lowest BCUT2D eigenvalue weighted by atomic mass is 9.95. The number of aromatic nitrogens is 2. The molecule has 1 aliphatic rings. The van der Waals surface area contributed by atoms with Crippen molar-refractivity contribution < 1.29 is 18.4 Å². The van der Waals surface area contributed by atoms with Crippen molar-refractivity contribution in [3.63, 3.8) is 0 Å². The first-order valence-electron chi connectivity index (χ1n) is 10.3. The average Bonchev–Trinajstić information content (AvgIpc) is 3.39. The number of aryl methyl sites for hydroxylation is 1. The van der Waals surface area contributed by atoms with Crippen LogP contribution in [-0.4, -0.2) is 33.0 Å². The molecule has 1 unspecified atom stereocenters. The molecule has 4 aromatic rings. The standard InChI is InChI=1S/C24H21FN4O3/c1-28-12-17-13-29(24(31)21-10-15-6-3-5-9-20(15)32-21)14-18(22(17)27-28)23(30)26-11-16-7-2-4-8-19(16)25/h2-10,12,18H,11,13-14H2,1H3,(H,26,30). The summed E-state index contributed by atoms with van der Waals surface area (Å²) in [5.41, 5.74) is 2.46. The van der Waals surface area contributed by atoms with Crippen LogP contribution < -0.4 is 5.32 Å². The Morgan fingerprint density at radius 3 is 2.78 bits per heavy atom. The van der Waals surface area contributed by atoms with Gasteiger partial charge in [-0.25, -0.2) is 4.39 Å². The highest BCUT2D eigenvalue weighted by Gasteiger charge is 2.36. The number of benzene rings is 2. The third kappa shape index (κ3) is 3.64. The van der Waals surface area contributed by atoms with E-state index < -0.39 is 5.92 Å². The van der Waals surface area contributed by atoms with Crippen LogP contribution in [0.1, 0.15) is 33.3 Å². The molecule has 0 spiro atoms. The van der Waals surface area contributed by atoms with E-state index in [4.69, 9.17) is 4.42 Å². The van der Waals surface area contributed by atoms with Gasteiger partial charge in [-0.05, 0) is 18.2 Å².